The molecule has 100 valence electrons. The molecule has 1 aliphatic rings. The third-order valence-corrected chi connectivity index (χ3v) is 4.77. The van der Waals surface area contributed by atoms with Gasteiger partial charge in [0.25, 0.3) is 0 Å². The van der Waals surface area contributed by atoms with Crippen LogP contribution >= 0.6 is 15.9 Å². The fraction of sp³-hybridized carbons (Fsp3) is 0.438. The maximum Gasteiger partial charge on any atom is 0.0951 e. The number of alkyl halides is 1. The van der Waals surface area contributed by atoms with Crippen molar-refractivity contribution in [1.82, 2.24) is 9.55 Å². The highest BCUT2D eigenvalue weighted by Gasteiger charge is 2.18. The summed E-state index contributed by atoms with van der Waals surface area (Å²) in [6.45, 7) is 1.03. The van der Waals surface area contributed by atoms with Crippen LogP contribution in [0.1, 0.15) is 35.7 Å². The van der Waals surface area contributed by atoms with Crippen LogP contribution in [0.15, 0.2) is 36.7 Å². The Balaban J connectivity index is 1.82. The molecule has 1 aliphatic carbocycles. The van der Waals surface area contributed by atoms with Gasteiger partial charge in [0, 0.05) is 23.5 Å². The highest BCUT2D eigenvalue weighted by molar-refractivity contribution is 9.09. The summed E-state index contributed by atoms with van der Waals surface area (Å²) in [6.07, 6.45) is 6.99. The molecule has 0 aliphatic heterocycles. The van der Waals surface area contributed by atoms with Gasteiger partial charge in [-0.3, -0.25) is 0 Å². The quantitative estimate of drug-likeness (QED) is 0.781. The Morgan fingerprint density at radius 3 is 2.74 bits per heavy atom. The van der Waals surface area contributed by atoms with E-state index in [0.29, 0.717) is 5.92 Å². The van der Waals surface area contributed by atoms with Gasteiger partial charge in [0.15, 0.2) is 0 Å². The Kier molecular flexibility index (Phi) is 4.02. The van der Waals surface area contributed by atoms with Gasteiger partial charge in [-0.25, -0.2) is 4.98 Å². The van der Waals surface area contributed by atoms with E-state index in [4.69, 9.17) is 0 Å². The van der Waals surface area contributed by atoms with E-state index in [1.54, 1.807) is 0 Å². The van der Waals surface area contributed by atoms with Crippen molar-refractivity contribution < 1.29 is 0 Å². The molecular weight excluding hydrogens is 300 g/mol. The second-order valence-electron chi connectivity index (χ2n) is 5.26. The number of rotatable bonds is 4. The second-order valence-corrected chi connectivity index (χ2v) is 5.91. The maximum atomic E-state index is 4.59. The summed E-state index contributed by atoms with van der Waals surface area (Å²) < 4.78 is 2.37. The molecule has 19 heavy (non-hydrogen) atoms. The maximum absolute atomic E-state index is 4.59. The van der Waals surface area contributed by atoms with Crippen molar-refractivity contribution in [3.8, 4) is 0 Å². The fourth-order valence-electron chi connectivity index (χ4n) is 2.89. The third kappa shape index (κ3) is 2.76. The smallest absolute Gasteiger partial charge is 0.0951 e. The summed E-state index contributed by atoms with van der Waals surface area (Å²) in [5, 5.41) is 0.990. The molecule has 1 aromatic heterocycles. The number of aryl methyl sites for hydroxylation is 1. The second kappa shape index (κ2) is 5.91. The summed E-state index contributed by atoms with van der Waals surface area (Å²) in [5.41, 5.74) is 4.19. The molecule has 0 fully saturated rings. The highest BCUT2D eigenvalue weighted by atomic mass is 79.9. The first-order valence-corrected chi connectivity index (χ1v) is 8.14. The molecule has 3 rings (SSSR count). The topological polar surface area (TPSA) is 17.8 Å². The molecule has 1 aromatic carbocycles. The lowest BCUT2D eigenvalue weighted by Gasteiger charge is -2.19. The number of aromatic nitrogens is 2. The molecule has 1 heterocycles. The van der Waals surface area contributed by atoms with Crippen LogP contribution < -0.4 is 0 Å². The Morgan fingerprint density at radius 1 is 1.16 bits per heavy atom. The van der Waals surface area contributed by atoms with Crippen LogP contribution in [-0.2, 0) is 19.4 Å². The molecule has 0 N–H and O–H groups in total. The molecule has 0 spiro atoms. The minimum atomic E-state index is 0.515. The van der Waals surface area contributed by atoms with Crippen molar-refractivity contribution in [1.29, 1.82) is 0 Å². The van der Waals surface area contributed by atoms with E-state index in [9.17, 15) is 0 Å². The van der Waals surface area contributed by atoms with E-state index >= 15 is 0 Å². The summed E-state index contributed by atoms with van der Waals surface area (Å²) in [7, 11) is 0. The number of halogens is 1. The number of nitrogens with zero attached hydrogens (tertiary/aromatic N) is 2. The summed E-state index contributed by atoms with van der Waals surface area (Å²) in [6, 6.07) is 10.8. The third-order valence-electron chi connectivity index (χ3n) is 3.98. The van der Waals surface area contributed by atoms with Crippen LogP contribution in [0, 0.1) is 0 Å². The van der Waals surface area contributed by atoms with Crippen LogP contribution in [-0.4, -0.2) is 14.9 Å². The first-order chi connectivity index (χ1) is 9.38. The van der Waals surface area contributed by atoms with Gasteiger partial charge in [-0.2, -0.15) is 0 Å². The van der Waals surface area contributed by atoms with Crippen LogP contribution in [0.4, 0.5) is 0 Å². The normalized spacial score (nSPS) is 16.1. The number of hydrogen-bond donors (Lipinski definition) is 0. The molecule has 0 radical (unpaired) electrons. The van der Waals surface area contributed by atoms with E-state index in [2.05, 4.69) is 55.8 Å². The predicted octanol–water partition coefficient (Wildman–Crippen LogP) is 3.94. The number of imidazole rings is 1. The first kappa shape index (κ1) is 12.9. The van der Waals surface area contributed by atoms with Crippen molar-refractivity contribution >= 4 is 15.9 Å². The molecule has 0 amide bonds. The molecule has 0 saturated heterocycles. The van der Waals surface area contributed by atoms with E-state index in [-0.39, 0.29) is 0 Å². The van der Waals surface area contributed by atoms with Crippen LogP contribution in [0.25, 0.3) is 0 Å². The molecular formula is C16H19BrN2. The Bertz CT molecular complexity index is 533. The van der Waals surface area contributed by atoms with Crippen LogP contribution in [0.3, 0.4) is 0 Å². The van der Waals surface area contributed by atoms with Gasteiger partial charge < -0.3 is 4.57 Å². The number of benzene rings is 1. The lowest BCUT2D eigenvalue weighted by molar-refractivity contribution is 0.560. The molecule has 0 bridgehead atoms. The summed E-state index contributed by atoms with van der Waals surface area (Å²) in [4.78, 5) is 4.59. The monoisotopic (exact) mass is 318 g/mol. The van der Waals surface area contributed by atoms with Gasteiger partial charge in [-0.15, -0.1) is 0 Å². The van der Waals surface area contributed by atoms with E-state index < -0.39 is 0 Å². The fourth-order valence-corrected chi connectivity index (χ4v) is 3.47. The molecule has 1 atom stereocenters. The molecule has 0 saturated carbocycles. The summed E-state index contributed by atoms with van der Waals surface area (Å²) >= 11 is 3.66. The number of hydrogen-bond acceptors (Lipinski definition) is 1. The first-order valence-electron chi connectivity index (χ1n) is 7.02. The standard InChI is InChI=1S/C16H19BrN2/c17-10-14(13-6-2-1-3-7-13)11-19-12-18-15-8-4-5-9-16(15)19/h1-3,6-7,12,14H,4-5,8-11H2. The van der Waals surface area contributed by atoms with Crippen molar-refractivity contribution in [2.75, 3.05) is 5.33 Å². The lowest BCUT2D eigenvalue weighted by Crippen LogP contribution is -2.14. The Hall–Kier alpha value is -1.09. The van der Waals surface area contributed by atoms with E-state index in [1.165, 1.54) is 36.2 Å². The largest absolute Gasteiger partial charge is 0.334 e. The zero-order chi connectivity index (χ0) is 13.1. The lowest BCUT2D eigenvalue weighted by atomic mass is 9.99. The van der Waals surface area contributed by atoms with Crippen molar-refractivity contribution in [3.05, 3.63) is 53.6 Å². The van der Waals surface area contributed by atoms with Crippen molar-refractivity contribution in [2.45, 2.75) is 38.1 Å². The average Bonchev–Trinajstić information content (AvgIpc) is 2.89. The zero-order valence-corrected chi connectivity index (χ0v) is 12.6. The van der Waals surface area contributed by atoms with E-state index in [0.717, 1.165) is 18.3 Å². The van der Waals surface area contributed by atoms with Gasteiger partial charge in [-0.05, 0) is 31.2 Å². The van der Waals surface area contributed by atoms with Crippen LogP contribution in [0.5, 0.6) is 0 Å². The van der Waals surface area contributed by atoms with Crippen molar-refractivity contribution in [2.24, 2.45) is 0 Å². The summed E-state index contributed by atoms with van der Waals surface area (Å²) in [5.74, 6) is 0.515. The van der Waals surface area contributed by atoms with E-state index in [1.807, 2.05) is 6.33 Å². The average molecular weight is 319 g/mol. The zero-order valence-electron chi connectivity index (χ0n) is 11.1. The van der Waals surface area contributed by atoms with Gasteiger partial charge in [0.2, 0.25) is 0 Å². The predicted molar refractivity (Wildman–Crippen MR) is 81.8 cm³/mol. The Morgan fingerprint density at radius 2 is 1.95 bits per heavy atom. The van der Waals surface area contributed by atoms with Gasteiger partial charge in [-0.1, -0.05) is 46.3 Å². The molecule has 3 heteroatoms. The number of fused-ring (bicyclic) bond motifs is 1. The minimum Gasteiger partial charge on any atom is -0.334 e. The Labute approximate surface area is 123 Å². The van der Waals surface area contributed by atoms with Gasteiger partial charge in [0.05, 0.1) is 12.0 Å². The molecule has 2 aromatic rings. The molecule has 1 unspecified atom stereocenters. The highest BCUT2D eigenvalue weighted by Crippen LogP contribution is 2.25. The van der Waals surface area contributed by atoms with Gasteiger partial charge >= 0.3 is 0 Å². The van der Waals surface area contributed by atoms with Crippen molar-refractivity contribution in [3.63, 3.8) is 0 Å². The minimum absolute atomic E-state index is 0.515. The SMILES string of the molecule is BrCC(Cn1cnc2c1CCCC2)c1ccccc1. The van der Waals surface area contributed by atoms with Gasteiger partial charge in [0.1, 0.15) is 0 Å². The molecule has 2 nitrogen and oxygen atoms in total. The van der Waals surface area contributed by atoms with Crippen LogP contribution in [0.2, 0.25) is 0 Å².